The van der Waals surface area contributed by atoms with Crippen molar-refractivity contribution in [2.75, 3.05) is 13.2 Å². The van der Waals surface area contributed by atoms with Gasteiger partial charge in [0.1, 0.15) is 72.6 Å². The fraction of sp³-hybridized carbons (Fsp3) is 0.722. The first-order valence-electron chi connectivity index (χ1n) is 9.63. The number of rotatable bonds is 4. The van der Waals surface area contributed by atoms with Crippen molar-refractivity contribution in [2.45, 2.75) is 66.6 Å². The maximum absolute atomic E-state index is 12.6. The van der Waals surface area contributed by atoms with Crippen LogP contribution in [0.15, 0.2) is 23.2 Å². The summed E-state index contributed by atoms with van der Waals surface area (Å²) in [5, 5.41) is 112. The summed E-state index contributed by atoms with van der Waals surface area (Å²) in [4.78, 5) is 12.6. The Morgan fingerprint density at radius 3 is 2.22 bits per heavy atom. The molecule has 3 aliphatic rings. The lowest BCUT2D eigenvalue weighted by Gasteiger charge is -2.47. The highest BCUT2D eigenvalue weighted by atomic mass is 16.6. The summed E-state index contributed by atoms with van der Waals surface area (Å²) < 4.78 is 10.2. The van der Waals surface area contributed by atoms with Crippen LogP contribution in [0.25, 0.3) is 0 Å². The summed E-state index contributed by atoms with van der Waals surface area (Å²) in [5.74, 6) is -3.92. The minimum absolute atomic E-state index is 0.375. The summed E-state index contributed by atoms with van der Waals surface area (Å²) in [6, 6.07) is 0. The highest BCUT2D eigenvalue weighted by Crippen LogP contribution is 2.40. The molecule has 0 aromatic rings. The van der Waals surface area contributed by atoms with E-state index in [1.54, 1.807) is 0 Å². The lowest BCUT2D eigenvalue weighted by molar-refractivity contribution is -0.263. The van der Waals surface area contributed by atoms with E-state index in [1.165, 1.54) is 0 Å². The zero-order chi connectivity index (χ0) is 24.1. The summed E-state index contributed by atoms with van der Waals surface area (Å²) in [6.07, 6.45) is -18.5. The van der Waals surface area contributed by atoms with Crippen molar-refractivity contribution < 1.29 is 70.4 Å². The molecule has 1 aliphatic carbocycles. The predicted octanol–water partition coefficient (Wildman–Crippen LogP) is -5.76. The molecular formula is C18H26O14. The molecular weight excluding hydrogens is 440 g/mol. The first-order valence-corrected chi connectivity index (χ1v) is 9.63. The van der Waals surface area contributed by atoms with Crippen LogP contribution in [0, 0.1) is 0 Å². The number of aliphatic hydroxyl groups is 11. The molecule has 0 bridgehead atoms. The maximum Gasteiger partial charge on any atom is 0.213 e. The third-order valence-electron chi connectivity index (χ3n) is 5.99. The minimum atomic E-state index is -3.21. The molecule has 2 fully saturated rings. The number of carbonyl (C=O) groups is 1. The molecule has 0 aromatic carbocycles. The lowest BCUT2D eigenvalue weighted by Crippen LogP contribution is -2.68. The van der Waals surface area contributed by atoms with Crippen LogP contribution in [0.4, 0.5) is 0 Å². The van der Waals surface area contributed by atoms with Gasteiger partial charge in [-0.15, -0.1) is 0 Å². The molecule has 3 rings (SSSR count). The molecule has 14 nitrogen and oxygen atoms in total. The van der Waals surface area contributed by atoms with Crippen LogP contribution < -0.4 is 0 Å². The quantitative estimate of drug-likeness (QED) is 0.184. The normalized spacial score (nSPS) is 46.7. The molecule has 14 heteroatoms. The molecule has 0 amide bonds. The van der Waals surface area contributed by atoms with E-state index in [0.29, 0.717) is 6.08 Å². The molecule has 2 aliphatic heterocycles. The number of aliphatic hydroxyl groups excluding tert-OH is 10. The van der Waals surface area contributed by atoms with Crippen LogP contribution in [0.3, 0.4) is 0 Å². The zero-order valence-corrected chi connectivity index (χ0v) is 16.4. The van der Waals surface area contributed by atoms with Crippen molar-refractivity contribution in [3.05, 3.63) is 23.2 Å². The Balaban J connectivity index is 2.03. The molecule has 0 spiro atoms. The summed E-state index contributed by atoms with van der Waals surface area (Å²) in [7, 11) is 0. The van der Waals surface area contributed by atoms with Crippen molar-refractivity contribution in [1.29, 1.82) is 0 Å². The zero-order valence-electron chi connectivity index (χ0n) is 16.4. The molecule has 2 heterocycles. The molecule has 0 radical (unpaired) electrons. The smallest absolute Gasteiger partial charge is 0.213 e. The second-order valence-electron chi connectivity index (χ2n) is 7.96. The number of hydrogen-bond donors (Lipinski definition) is 11. The molecule has 2 saturated heterocycles. The second kappa shape index (κ2) is 8.92. The van der Waals surface area contributed by atoms with Crippen molar-refractivity contribution in [1.82, 2.24) is 0 Å². The summed E-state index contributed by atoms with van der Waals surface area (Å²) >= 11 is 0. The standard InChI is InChI=1S/C18H26O14/c19-2-6-10(24)12(26)14(28)17(32-6)18(30)7(22)1-4(20)8(16(18)29)11(25)15-13(27)9(23)5(21)3-31-15/h1,5-6,9-15,17,19-21,23-30H,2-3H2/t5?,6-,9?,10-,11?,12+,13?,14-,15?,17?,18?/m1/s1. The molecule has 11 N–H and O–H groups in total. The van der Waals surface area contributed by atoms with E-state index >= 15 is 0 Å². The van der Waals surface area contributed by atoms with Gasteiger partial charge in [-0.1, -0.05) is 0 Å². The average molecular weight is 466 g/mol. The van der Waals surface area contributed by atoms with Gasteiger partial charge >= 0.3 is 0 Å². The van der Waals surface area contributed by atoms with Gasteiger partial charge in [0.25, 0.3) is 0 Å². The van der Waals surface area contributed by atoms with E-state index in [0.717, 1.165) is 0 Å². The third kappa shape index (κ3) is 3.72. The molecule has 0 aromatic heterocycles. The number of ether oxygens (including phenoxy) is 2. The molecule has 7 unspecified atom stereocenters. The Labute approximate surface area is 180 Å². The maximum atomic E-state index is 12.6. The topological polar surface area (TPSA) is 258 Å². The summed E-state index contributed by atoms with van der Waals surface area (Å²) in [6.45, 7) is -1.45. The van der Waals surface area contributed by atoms with Crippen LogP contribution in [-0.4, -0.2) is 142 Å². The predicted molar refractivity (Wildman–Crippen MR) is 97.9 cm³/mol. The molecule has 182 valence electrons. The van der Waals surface area contributed by atoms with Gasteiger partial charge in [0, 0.05) is 6.08 Å². The first kappa shape index (κ1) is 24.9. The summed E-state index contributed by atoms with van der Waals surface area (Å²) in [5.41, 5.74) is -4.15. The fourth-order valence-corrected chi connectivity index (χ4v) is 4.04. The number of hydrogen-bond acceptors (Lipinski definition) is 14. The molecule has 32 heavy (non-hydrogen) atoms. The van der Waals surface area contributed by atoms with E-state index in [9.17, 15) is 61.0 Å². The van der Waals surface area contributed by atoms with Crippen molar-refractivity contribution in [2.24, 2.45) is 0 Å². The molecule has 11 atom stereocenters. The van der Waals surface area contributed by atoms with Gasteiger partial charge in [-0.3, -0.25) is 4.79 Å². The Morgan fingerprint density at radius 2 is 1.62 bits per heavy atom. The first-order chi connectivity index (χ1) is 14.9. The Hall–Kier alpha value is -1.69. The number of ketones is 1. The third-order valence-corrected chi connectivity index (χ3v) is 5.99. The van der Waals surface area contributed by atoms with Crippen LogP contribution >= 0.6 is 0 Å². The monoisotopic (exact) mass is 466 g/mol. The van der Waals surface area contributed by atoms with E-state index in [1.807, 2.05) is 0 Å². The highest BCUT2D eigenvalue weighted by Gasteiger charge is 2.60. The van der Waals surface area contributed by atoms with Gasteiger partial charge in [0.15, 0.2) is 0 Å². The average Bonchev–Trinajstić information content (AvgIpc) is 2.74. The Bertz CT molecular complexity index is 795. The van der Waals surface area contributed by atoms with E-state index in [-0.39, 0.29) is 0 Å². The van der Waals surface area contributed by atoms with E-state index in [2.05, 4.69) is 0 Å². The van der Waals surface area contributed by atoms with Gasteiger partial charge in [-0.2, -0.15) is 0 Å². The highest BCUT2D eigenvalue weighted by molar-refractivity contribution is 6.02. The number of carbonyl (C=O) groups excluding carboxylic acids is 1. The van der Waals surface area contributed by atoms with Crippen LogP contribution in [0.5, 0.6) is 0 Å². The van der Waals surface area contributed by atoms with E-state index < -0.39 is 103 Å². The molecule has 0 saturated carbocycles. The van der Waals surface area contributed by atoms with Gasteiger partial charge in [-0.05, 0) is 0 Å². The van der Waals surface area contributed by atoms with Gasteiger partial charge < -0.3 is 65.6 Å². The van der Waals surface area contributed by atoms with Gasteiger partial charge in [0.2, 0.25) is 11.4 Å². The van der Waals surface area contributed by atoms with Crippen LogP contribution in [0.1, 0.15) is 0 Å². The SMILES string of the molecule is O=C1C=C(O)C(C(O)C2OCC(O)C(O)C2O)=C(O)C1(O)C1O[C@H](CO)[C@@H](O)[C@H](O)[C@H]1O. The fourth-order valence-electron chi connectivity index (χ4n) is 4.04. The van der Waals surface area contributed by atoms with Crippen molar-refractivity contribution in [3.8, 4) is 0 Å². The van der Waals surface area contributed by atoms with Crippen LogP contribution in [0.2, 0.25) is 0 Å². The van der Waals surface area contributed by atoms with E-state index in [4.69, 9.17) is 9.47 Å². The van der Waals surface area contributed by atoms with Crippen molar-refractivity contribution >= 4 is 5.78 Å². The Morgan fingerprint density at radius 1 is 1.00 bits per heavy atom. The largest absolute Gasteiger partial charge is 0.508 e. The minimum Gasteiger partial charge on any atom is -0.508 e. The van der Waals surface area contributed by atoms with Crippen LogP contribution in [-0.2, 0) is 14.3 Å². The lowest BCUT2D eigenvalue weighted by atomic mass is 9.75. The van der Waals surface area contributed by atoms with Gasteiger partial charge in [0.05, 0.1) is 18.8 Å². The van der Waals surface area contributed by atoms with Gasteiger partial charge in [-0.25, -0.2) is 0 Å². The Kier molecular flexibility index (Phi) is 6.95. The second-order valence-corrected chi connectivity index (χ2v) is 7.96. The van der Waals surface area contributed by atoms with Crippen molar-refractivity contribution in [3.63, 3.8) is 0 Å².